The van der Waals surface area contributed by atoms with Crippen molar-refractivity contribution < 1.29 is 18.0 Å². The second-order valence-corrected chi connectivity index (χ2v) is 12.0. The summed E-state index contributed by atoms with van der Waals surface area (Å²) in [6.07, 6.45) is 1.32. The number of hydrogen-bond acceptors (Lipinski definition) is 4. The number of amides is 2. The minimum atomic E-state index is -3.80. The quantitative estimate of drug-likeness (QED) is 0.375. The minimum Gasteiger partial charge on any atom is -0.352 e. The Balaban J connectivity index is 2.05. The Labute approximate surface area is 230 Å². The van der Waals surface area contributed by atoms with Crippen molar-refractivity contribution in [1.82, 2.24) is 10.2 Å². The van der Waals surface area contributed by atoms with Crippen molar-refractivity contribution in [1.29, 1.82) is 0 Å². The zero-order valence-electron chi connectivity index (χ0n) is 22.1. The maximum absolute atomic E-state index is 14.0. The number of benzene rings is 3. The average molecular weight is 556 g/mol. The molecule has 2 amide bonds. The molecule has 3 rings (SSSR count). The molecule has 9 heteroatoms. The molecule has 0 aromatic heterocycles. The smallest absolute Gasteiger partial charge is 0.244 e. The van der Waals surface area contributed by atoms with Gasteiger partial charge in [-0.25, -0.2) is 8.42 Å². The first-order valence-electron chi connectivity index (χ1n) is 12.4. The summed E-state index contributed by atoms with van der Waals surface area (Å²) in [7, 11) is -3.80. The minimum absolute atomic E-state index is 0.0773. The highest BCUT2D eigenvalue weighted by molar-refractivity contribution is 7.92. The third-order valence-corrected chi connectivity index (χ3v) is 7.32. The summed E-state index contributed by atoms with van der Waals surface area (Å²) in [5, 5.41) is 3.43. The van der Waals surface area contributed by atoms with Gasteiger partial charge in [-0.2, -0.15) is 0 Å². The van der Waals surface area contributed by atoms with Gasteiger partial charge in [0, 0.05) is 24.0 Å². The lowest BCUT2D eigenvalue weighted by atomic mass is 10.0. The van der Waals surface area contributed by atoms with E-state index in [0.29, 0.717) is 10.7 Å². The lowest BCUT2D eigenvalue weighted by molar-refractivity contribution is -0.140. The molecule has 0 saturated heterocycles. The van der Waals surface area contributed by atoms with E-state index in [2.05, 4.69) is 5.32 Å². The Bertz CT molecular complexity index is 1350. The summed E-state index contributed by atoms with van der Waals surface area (Å²) >= 11 is 6.22. The van der Waals surface area contributed by atoms with Crippen LogP contribution in [0, 0.1) is 6.92 Å². The SMILES string of the molecule is Cc1ccc(N(CC(=O)N(Cc2cccc(Cl)c2)[C@@H](Cc2ccccc2)C(=O)NC(C)C)S(C)(=O)=O)cc1. The molecule has 0 heterocycles. The number of nitrogens with one attached hydrogen (secondary N) is 1. The van der Waals surface area contributed by atoms with Crippen molar-refractivity contribution >= 4 is 39.1 Å². The van der Waals surface area contributed by atoms with Gasteiger partial charge in [-0.3, -0.25) is 13.9 Å². The van der Waals surface area contributed by atoms with Gasteiger partial charge in [0.2, 0.25) is 21.8 Å². The first-order valence-corrected chi connectivity index (χ1v) is 14.6. The van der Waals surface area contributed by atoms with Crippen LogP contribution in [0.3, 0.4) is 0 Å². The van der Waals surface area contributed by atoms with Gasteiger partial charge in [-0.15, -0.1) is 0 Å². The summed E-state index contributed by atoms with van der Waals surface area (Å²) in [5.74, 6) is -0.823. The zero-order chi connectivity index (χ0) is 27.9. The van der Waals surface area contributed by atoms with Crippen LogP contribution < -0.4 is 9.62 Å². The normalized spacial score (nSPS) is 12.2. The highest BCUT2D eigenvalue weighted by Gasteiger charge is 2.33. The number of aryl methyl sites for hydroxylation is 1. The average Bonchev–Trinajstić information content (AvgIpc) is 2.85. The molecule has 202 valence electrons. The van der Waals surface area contributed by atoms with Crippen LogP contribution in [-0.4, -0.2) is 50.0 Å². The first kappa shape index (κ1) is 29.2. The summed E-state index contributed by atoms with van der Waals surface area (Å²) < 4.78 is 26.6. The largest absolute Gasteiger partial charge is 0.352 e. The van der Waals surface area contributed by atoms with Gasteiger partial charge in [-0.05, 0) is 56.2 Å². The Morgan fingerprint density at radius 3 is 2.13 bits per heavy atom. The van der Waals surface area contributed by atoms with Gasteiger partial charge in [0.15, 0.2) is 0 Å². The standard InChI is InChI=1S/C29H34ClN3O4S/c1-21(2)31-29(35)27(18-23-9-6-5-7-10-23)32(19-24-11-8-12-25(30)17-24)28(34)20-33(38(4,36)37)26-15-13-22(3)14-16-26/h5-17,21,27H,18-20H2,1-4H3,(H,31,35)/t27-/m0/s1. The summed E-state index contributed by atoms with van der Waals surface area (Å²) in [4.78, 5) is 28.9. The van der Waals surface area contributed by atoms with Gasteiger partial charge in [0.1, 0.15) is 12.6 Å². The van der Waals surface area contributed by atoms with Crippen LogP contribution in [-0.2, 0) is 32.6 Å². The number of anilines is 1. The van der Waals surface area contributed by atoms with Crippen LogP contribution in [0.2, 0.25) is 5.02 Å². The van der Waals surface area contributed by atoms with Crippen molar-refractivity contribution in [2.45, 2.75) is 45.8 Å². The van der Waals surface area contributed by atoms with E-state index in [1.165, 1.54) is 4.90 Å². The number of rotatable bonds is 11. The van der Waals surface area contributed by atoms with Crippen molar-refractivity contribution in [3.8, 4) is 0 Å². The molecule has 1 N–H and O–H groups in total. The lowest BCUT2D eigenvalue weighted by Crippen LogP contribution is -2.54. The molecule has 3 aromatic carbocycles. The van der Waals surface area contributed by atoms with Crippen LogP contribution in [0.4, 0.5) is 5.69 Å². The molecule has 0 spiro atoms. The topological polar surface area (TPSA) is 86.8 Å². The maximum Gasteiger partial charge on any atom is 0.244 e. The van der Waals surface area contributed by atoms with Crippen LogP contribution in [0.1, 0.15) is 30.5 Å². The fourth-order valence-electron chi connectivity index (χ4n) is 4.09. The van der Waals surface area contributed by atoms with Crippen molar-refractivity contribution in [3.63, 3.8) is 0 Å². The van der Waals surface area contributed by atoms with E-state index in [1.807, 2.05) is 57.2 Å². The summed E-state index contributed by atoms with van der Waals surface area (Å²) in [6, 6.07) is 22.3. The Hall–Kier alpha value is -3.36. The van der Waals surface area contributed by atoms with Crippen molar-refractivity contribution in [2.24, 2.45) is 0 Å². The van der Waals surface area contributed by atoms with Gasteiger partial charge in [0.05, 0.1) is 11.9 Å². The summed E-state index contributed by atoms with van der Waals surface area (Å²) in [5.41, 5.74) is 2.94. The number of sulfonamides is 1. The summed E-state index contributed by atoms with van der Waals surface area (Å²) in [6.45, 7) is 5.22. The second kappa shape index (κ2) is 12.9. The van der Waals surface area contributed by atoms with Gasteiger partial charge in [0.25, 0.3) is 0 Å². The number of hydrogen-bond donors (Lipinski definition) is 1. The molecule has 7 nitrogen and oxygen atoms in total. The van der Waals surface area contributed by atoms with Gasteiger partial charge in [-0.1, -0.05) is 71.8 Å². The second-order valence-electron chi connectivity index (χ2n) is 9.63. The van der Waals surface area contributed by atoms with E-state index in [0.717, 1.165) is 27.3 Å². The fourth-order valence-corrected chi connectivity index (χ4v) is 5.15. The number of nitrogens with zero attached hydrogens (tertiary/aromatic N) is 2. The van der Waals surface area contributed by atoms with Crippen LogP contribution >= 0.6 is 11.6 Å². The van der Waals surface area contributed by atoms with E-state index in [4.69, 9.17) is 11.6 Å². The predicted octanol–water partition coefficient (Wildman–Crippen LogP) is 4.58. The first-order chi connectivity index (χ1) is 17.9. The number of carbonyl (C=O) groups is 2. The third kappa shape index (κ3) is 8.33. The Kier molecular flexibility index (Phi) is 9.94. The van der Waals surface area contributed by atoms with E-state index < -0.39 is 28.5 Å². The van der Waals surface area contributed by atoms with Crippen molar-refractivity contribution in [3.05, 3.63) is 101 Å². The van der Waals surface area contributed by atoms with Crippen LogP contribution in [0.5, 0.6) is 0 Å². The van der Waals surface area contributed by atoms with Crippen LogP contribution in [0.25, 0.3) is 0 Å². The molecule has 0 bridgehead atoms. The highest BCUT2D eigenvalue weighted by Crippen LogP contribution is 2.21. The molecule has 0 radical (unpaired) electrons. The molecule has 1 atom stereocenters. The lowest BCUT2D eigenvalue weighted by Gasteiger charge is -2.34. The number of carbonyl (C=O) groups excluding carboxylic acids is 2. The van der Waals surface area contributed by atoms with Crippen LogP contribution in [0.15, 0.2) is 78.9 Å². The molecule has 0 aliphatic heterocycles. The molecule has 3 aromatic rings. The highest BCUT2D eigenvalue weighted by atomic mass is 35.5. The molecular weight excluding hydrogens is 522 g/mol. The fraction of sp³-hybridized carbons (Fsp3) is 0.310. The van der Waals surface area contributed by atoms with Crippen molar-refractivity contribution in [2.75, 3.05) is 17.1 Å². The molecule has 0 aliphatic carbocycles. The van der Waals surface area contributed by atoms with E-state index in [9.17, 15) is 18.0 Å². The Morgan fingerprint density at radius 1 is 0.921 bits per heavy atom. The van der Waals surface area contributed by atoms with E-state index >= 15 is 0 Å². The zero-order valence-corrected chi connectivity index (χ0v) is 23.7. The van der Waals surface area contributed by atoms with E-state index in [-0.39, 0.29) is 24.9 Å². The maximum atomic E-state index is 14.0. The van der Waals surface area contributed by atoms with E-state index in [1.54, 1.807) is 42.5 Å². The van der Waals surface area contributed by atoms with Gasteiger partial charge >= 0.3 is 0 Å². The molecule has 0 unspecified atom stereocenters. The monoisotopic (exact) mass is 555 g/mol. The molecule has 0 fully saturated rings. The van der Waals surface area contributed by atoms with Gasteiger partial charge < -0.3 is 10.2 Å². The molecule has 0 aliphatic rings. The molecule has 0 saturated carbocycles. The Morgan fingerprint density at radius 2 is 1.55 bits per heavy atom. The third-order valence-electron chi connectivity index (χ3n) is 5.95. The number of halogens is 1. The molecule has 38 heavy (non-hydrogen) atoms. The molecular formula is C29H34ClN3O4S. The predicted molar refractivity (Wildman–Crippen MR) is 153 cm³/mol.